The highest BCUT2D eigenvalue weighted by Gasteiger charge is 2.15. The van der Waals surface area contributed by atoms with Gasteiger partial charge < -0.3 is 0 Å². The molecule has 0 aromatic carbocycles. The van der Waals surface area contributed by atoms with Gasteiger partial charge in [0.05, 0.1) is 5.75 Å². The molecule has 2 rings (SSSR count). The molecule has 17 heavy (non-hydrogen) atoms. The molecule has 0 N–H and O–H groups in total. The first kappa shape index (κ1) is 13.2. The van der Waals surface area contributed by atoms with E-state index < -0.39 is 0 Å². The first-order valence-corrected chi connectivity index (χ1v) is 7.70. The van der Waals surface area contributed by atoms with Gasteiger partial charge in [0.25, 0.3) is 0 Å². The Labute approximate surface area is 113 Å². The summed E-state index contributed by atoms with van der Waals surface area (Å²) in [6.45, 7) is 3.97. The molecular weight excluding hydrogens is 252 g/mol. The van der Waals surface area contributed by atoms with Crippen LogP contribution in [0.15, 0.2) is 0 Å². The van der Waals surface area contributed by atoms with Crippen molar-refractivity contribution in [2.24, 2.45) is 0 Å². The number of nitrogens with zero attached hydrogens (tertiary/aromatic N) is 2. The highest BCUT2D eigenvalue weighted by atomic mass is 35.5. The van der Waals surface area contributed by atoms with Crippen LogP contribution in [0.5, 0.6) is 0 Å². The molecule has 0 radical (unpaired) electrons. The van der Waals surface area contributed by atoms with Crippen LogP contribution in [0.4, 0.5) is 0 Å². The molecule has 1 heterocycles. The number of aromatic nitrogens is 2. The van der Waals surface area contributed by atoms with Gasteiger partial charge in [0, 0.05) is 16.5 Å². The normalized spacial score (nSPS) is 17.4. The van der Waals surface area contributed by atoms with Crippen LogP contribution in [0.25, 0.3) is 0 Å². The minimum atomic E-state index is 0.608. The molecule has 1 saturated carbocycles. The Morgan fingerprint density at radius 1 is 1.18 bits per heavy atom. The summed E-state index contributed by atoms with van der Waals surface area (Å²) >= 11 is 8.07. The second kappa shape index (κ2) is 6.05. The number of aryl methyl sites for hydroxylation is 1. The summed E-state index contributed by atoms with van der Waals surface area (Å²) in [5.41, 5.74) is 2.00. The van der Waals surface area contributed by atoms with Crippen molar-refractivity contribution >= 4 is 23.4 Å². The number of hydrogen-bond donors (Lipinski definition) is 0. The van der Waals surface area contributed by atoms with E-state index in [1.165, 1.54) is 32.1 Å². The third-order valence-corrected chi connectivity index (χ3v) is 5.11. The molecule has 1 aromatic heterocycles. The van der Waals surface area contributed by atoms with Crippen molar-refractivity contribution in [1.82, 2.24) is 9.97 Å². The van der Waals surface area contributed by atoms with Gasteiger partial charge in [-0.05, 0) is 26.7 Å². The lowest BCUT2D eigenvalue weighted by atomic mass is 10.0. The Morgan fingerprint density at radius 3 is 2.53 bits per heavy atom. The van der Waals surface area contributed by atoms with E-state index in [9.17, 15) is 0 Å². The Hall–Kier alpha value is -0.280. The van der Waals surface area contributed by atoms with Crippen molar-refractivity contribution in [2.75, 3.05) is 0 Å². The maximum absolute atomic E-state index is 6.08. The van der Waals surface area contributed by atoms with Crippen molar-refractivity contribution in [3.63, 3.8) is 0 Å². The smallest absolute Gasteiger partial charge is 0.140 e. The molecule has 94 valence electrons. The van der Waals surface area contributed by atoms with Gasteiger partial charge in [0.15, 0.2) is 0 Å². The van der Waals surface area contributed by atoms with Crippen molar-refractivity contribution < 1.29 is 0 Å². The number of rotatable bonds is 3. The molecular formula is C13H19ClN2S. The minimum Gasteiger partial charge on any atom is -0.237 e. The quantitative estimate of drug-likeness (QED) is 0.766. The van der Waals surface area contributed by atoms with Crippen LogP contribution in [0.2, 0.25) is 5.15 Å². The molecule has 4 heteroatoms. The highest BCUT2D eigenvalue weighted by molar-refractivity contribution is 7.99. The van der Waals surface area contributed by atoms with Crippen LogP contribution in [-0.4, -0.2) is 15.2 Å². The van der Waals surface area contributed by atoms with Crippen LogP contribution in [0.3, 0.4) is 0 Å². The molecule has 0 amide bonds. The summed E-state index contributed by atoms with van der Waals surface area (Å²) in [6.07, 6.45) is 6.87. The molecule has 1 aliphatic rings. The lowest BCUT2D eigenvalue weighted by Crippen LogP contribution is -2.09. The standard InChI is InChI=1S/C13H19ClN2S/c1-9-10(2)15-12(16-13(9)14)8-17-11-6-4-3-5-7-11/h11H,3-8H2,1-2H3. The molecule has 1 aromatic rings. The fraction of sp³-hybridized carbons (Fsp3) is 0.692. The topological polar surface area (TPSA) is 25.8 Å². The Bertz CT molecular complexity index is 366. The minimum absolute atomic E-state index is 0.608. The predicted octanol–water partition coefficient (Wildman–Crippen LogP) is 4.31. The lowest BCUT2D eigenvalue weighted by molar-refractivity contribution is 0.516. The molecule has 0 spiro atoms. The third-order valence-electron chi connectivity index (χ3n) is 3.38. The fourth-order valence-electron chi connectivity index (χ4n) is 2.14. The van der Waals surface area contributed by atoms with Crippen molar-refractivity contribution in [3.05, 3.63) is 22.2 Å². The largest absolute Gasteiger partial charge is 0.237 e. The van der Waals surface area contributed by atoms with E-state index in [0.29, 0.717) is 5.15 Å². The number of halogens is 1. The summed E-state index contributed by atoms with van der Waals surface area (Å²) in [6, 6.07) is 0. The maximum Gasteiger partial charge on any atom is 0.140 e. The summed E-state index contributed by atoms with van der Waals surface area (Å²) < 4.78 is 0. The zero-order chi connectivity index (χ0) is 12.3. The second-order valence-electron chi connectivity index (χ2n) is 4.71. The van der Waals surface area contributed by atoms with Crippen molar-refractivity contribution in [1.29, 1.82) is 0 Å². The van der Waals surface area contributed by atoms with Crippen LogP contribution < -0.4 is 0 Å². The van der Waals surface area contributed by atoms with Gasteiger partial charge >= 0.3 is 0 Å². The van der Waals surface area contributed by atoms with Gasteiger partial charge in [-0.2, -0.15) is 11.8 Å². The van der Waals surface area contributed by atoms with E-state index >= 15 is 0 Å². The fourth-order valence-corrected chi connectivity index (χ4v) is 3.55. The average Bonchev–Trinajstić information content (AvgIpc) is 2.34. The van der Waals surface area contributed by atoms with Gasteiger partial charge in [0.1, 0.15) is 11.0 Å². The van der Waals surface area contributed by atoms with E-state index in [4.69, 9.17) is 11.6 Å². The first-order valence-electron chi connectivity index (χ1n) is 6.28. The van der Waals surface area contributed by atoms with E-state index in [0.717, 1.165) is 28.1 Å². The van der Waals surface area contributed by atoms with Gasteiger partial charge in [-0.15, -0.1) is 0 Å². The summed E-state index contributed by atoms with van der Waals surface area (Å²) in [5.74, 6) is 1.78. The third kappa shape index (κ3) is 3.59. The molecule has 0 atom stereocenters. The van der Waals surface area contributed by atoms with Gasteiger partial charge in [0.2, 0.25) is 0 Å². The number of hydrogen-bond acceptors (Lipinski definition) is 3. The molecule has 0 aliphatic heterocycles. The van der Waals surface area contributed by atoms with Crippen molar-refractivity contribution in [3.8, 4) is 0 Å². The molecule has 1 aliphatic carbocycles. The Balaban J connectivity index is 1.94. The van der Waals surface area contributed by atoms with Gasteiger partial charge in [-0.3, -0.25) is 0 Å². The zero-order valence-corrected chi connectivity index (χ0v) is 12.1. The molecule has 0 unspecified atom stereocenters. The van der Waals surface area contributed by atoms with Gasteiger partial charge in [-0.25, -0.2) is 9.97 Å². The average molecular weight is 271 g/mol. The Kier molecular flexibility index (Phi) is 4.69. The van der Waals surface area contributed by atoms with E-state index in [2.05, 4.69) is 9.97 Å². The first-order chi connectivity index (χ1) is 8.16. The summed E-state index contributed by atoms with van der Waals surface area (Å²) in [5, 5.41) is 1.41. The van der Waals surface area contributed by atoms with Crippen molar-refractivity contribution in [2.45, 2.75) is 57.0 Å². The van der Waals surface area contributed by atoms with E-state index in [1.54, 1.807) is 0 Å². The van der Waals surface area contributed by atoms with E-state index in [-0.39, 0.29) is 0 Å². The zero-order valence-electron chi connectivity index (χ0n) is 10.5. The Morgan fingerprint density at radius 2 is 1.88 bits per heavy atom. The summed E-state index contributed by atoms with van der Waals surface area (Å²) in [7, 11) is 0. The second-order valence-corrected chi connectivity index (χ2v) is 6.36. The molecule has 0 saturated heterocycles. The molecule has 1 fully saturated rings. The SMILES string of the molecule is Cc1nc(CSC2CCCCC2)nc(Cl)c1C. The maximum atomic E-state index is 6.08. The van der Waals surface area contributed by atoms with Crippen LogP contribution in [0, 0.1) is 13.8 Å². The van der Waals surface area contributed by atoms with E-state index in [1.807, 2.05) is 25.6 Å². The van der Waals surface area contributed by atoms with Crippen LogP contribution in [-0.2, 0) is 5.75 Å². The molecule has 0 bridgehead atoms. The highest BCUT2D eigenvalue weighted by Crippen LogP contribution is 2.30. The van der Waals surface area contributed by atoms with Crippen LogP contribution in [0.1, 0.15) is 49.2 Å². The summed E-state index contributed by atoms with van der Waals surface area (Å²) in [4.78, 5) is 8.85. The number of thioether (sulfide) groups is 1. The van der Waals surface area contributed by atoms with Gasteiger partial charge in [-0.1, -0.05) is 30.9 Å². The van der Waals surface area contributed by atoms with Crippen LogP contribution >= 0.6 is 23.4 Å². The lowest BCUT2D eigenvalue weighted by Gasteiger charge is -2.20. The predicted molar refractivity (Wildman–Crippen MR) is 74.7 cm³/mol. The monoisotopic (exact) mass is 270 g/mol. The molecule has 2 nitrogen and oxygen atoms in total.